The van der Waals surface area contributed by atoms with Gasteiger partial charge in [-0.15, -0.1) is 0 Å². The van der Waals surface area contributed by atoms with Gasteiger partial charge in [-0.25, -0.2) is 0 Å². The van der Waals surface area contributed by atoms with Crippen molar-refractivity contribution in [3.05, 3.63) is 34.9 Å². The van der Waals surface area contributed by atoms with Crippen LogP contribution in [-0.2, 0) is 16.0 Å². The van der Waals surface area contributed by atoms with Crippen molar-refractivity contribution in [2.24, 2.45) is 11.8 Å². The first-order valence-electron chi connectivity index (χ1n) is 9.34. The summed E-state index contributed by atoms with van der Waals surface area (Å²) in [5.41, 5.74) is 0.981. The fourth-order valence-corrected chi connectivity index (χ4v) is 4.04. The molecule has 25 heavy (non-hydrogen) atoms. The lowest BCUT2D eigenvalue weighted by Gasteiger charge is -2.37. The van der Waals surface area contributed by atoms with Crippen LogP contribution < -0.4 is 0 Å². The van der Waals surface area contributed by atoms with Crippen molar-refractivity contribution in [1.82, 2.24) is 9.80 Å². The molecule has 0 spiro atoms. The normalized spacial score (nSPS) is 22.1. The predicted octanol–water partition coefficient (Wildman–Crippen LogP) is 3.38. The summed E-state index contributed by atoms with van der Waals surface area (Å²) in [4.78, 5) is 29.1. The molecule has 3 rings (SSSR count). The molecule has 2 fully saturated rings. The van der Waals surface area contributed by atoms with Gasteiger partial charge in [-0.2, -0.15) is 0 Å². The average molecular weight is 363 g/mol. The Morgan fingerprint density at radius 1 is 1.04 bits per heavy atom. The molecule has 1 unspecified atom stereocenters. The van der Waals surface area contributed by atoms with Crippen LogP contribution in [-0.4, -0.2) is 47.8 Å². The van der Waals surface area contributed by atoms with Gasteiger partial charge in [0.1, 0.15) is 0 Å². The van der Waals surface area contributed by atoms with Gasteiger partial charge in [-0.05, 0) is 49.3 Å². The average Bonchev–Trinajstić information content (AvgIpc) is 2.63. The number of likely N-dealkylation sites (tertiary alicyclic amines) is 2. The predicted molar refractivity (Wildman–Crippen MR) is 99.4 cm³/mol. The van der Waals surface area contributed by atoms with Crippen LogP contribution in [0.1, 0.15) is 38.2 Å². The zero-order valence-electron chi connectivity index (χ0n) is 14.9. The molecule has 5 heteroatoms. The molecular weight excluding hydrogens is 336 g/mol. The van der Waals surface area contributed by atoms with Crippen molar-refractivity contribution in [2.45, 2.75) is 39.0 Å². The van der Waals surface area contributed by atoms with Crippen LogP contribution in [0, 0.1) is 11.8 Å². The molecular formula is C20H27ClN2O2. The molecule has 0 aliphatic carbocycles. The number of rotatable bonds is 3. The molecule has 1 atom stereocenters. The van der Waals surface area contributed by atoms with Crippen molar-refractivity contribution in [1.29, 1.82) is 0 Å². The van der Waals surface area contributed by atoms with Crippen molar-refractivity contribution in [3.8, 4) is 0 Å². The van der Waals surface area contributed by atoms with E-state index < -0.39 is 0 Å². The van der Waals surface area contributed by atoms with Crippen LogP contribution in [0.15, 0.2) is 24.3 Å². The van der Waals surface area contributed by atoms with Crippen LogP contribution in [0.2, 0.25) is 5.02 Å². The van der Waals surface area contributed by atoms with Gasteiger partial charge in [-0.3, -0.25) is 9.59 Å². The molecule has 0 saturated carbocycles. The molecule has 2 aliphatic rings. The second kappa shape index (κ2) is 8.22. The summed E-state index contributed by atoms with van der Waals surface area (Å²) in [7, 11) is 0. The quantitative estimate of drug-likeness (QED) is 0.827. The molecule has 2 amide bonds. The molecule has 1 aromatic carbocycles. The summed E-state index contributed by atoms with van der Waals surface area (Å²) in [6.07, 6.45) is 4.32. The van der Waals surface area contributed by atoms with Crippen LogP contribution in [0.25, 0.3) is 0 Å². The van der Waals surface area contributed by atoms with Crippen molar-refractivity contribution in [2.75, 3.05) is 26.2 Å². The number of piperidine rings is 2. The van der Waals surface area contributed by atoms with Gasteiger partial charge < -0.3 is 9.80 Å². The highest BCUT2D eigenvalue weighted by Gasteiger charge is 2.31. The third kappa shape index (κ3) is 4.75. The van der Waals surface area contributed by atoms with Gasteiger partial charge in [-0.1, -0.05) is 30.7 Å². The summed E-state index contributed by atoms with van der Waals surface area (Å²) >= 11 is 5.88. The van der Waals surface area contributed by atoms with E-state index in [1.165, 1.54) is 6.42 Å². The largest absolute Gasteiger partial charge is 0.342 e. The Bertz CT molecular complexity index is 609. The highest BCUT2D eigenvalue weighted by Crippen LogP contribution is 2.24. The monoisotopic (exact) mass is 362 g/mol. The number of hydrogen-bond acceptors (Lipinski definition) is 2. The highest BCUT2D eigenvalue weighted by molar-refractivity contribution is 6.30. The lowest BCUT2D eigenvalue weighted by molar-refractivity contribution is -0.141. The molecule has 136 valence electrons. The molecule has 2 saturated heterocycles. The number of halogens is 1. The molecule has 0 radical (unpaired) electrons. The third-order valence-corrected chi connectivity index (χ3v) is 5.69. The van der Waals surface area contributed by atoms with E-state index in [0.717, 1.165) is 37.9 Å². The van der Waals surface area contributed by atoms with E-state index in [4.69, 9.17) is 11.6 Å². The maximum Gasteiger partial charge on any atom is 0.226 e. The van der Waals surface area contributed by atoms with E-state index in [9.17, 15) is 9.59 Å². The summed E-state index contributed by atoms with van der Waals surface area (Å²) in [6, 6.07) is 7.42. The Kier molecular flexibility index (Phi) is 6.00. The summed E-state index contributed by atoms with van der Waals surface area (Å²) in [5.74, 6) is 1.14. The zero-order chi connectivity index (χ0) is 17.8. The van der Waals surface area contributed by atoms with Gasteiger partial charge in [0.25, 0.3) is 0 Å². The van der Waals surface area contributed by atoms with E-state index in [1.54, 1.807) is 0 Å². The molecule has 2 aliphatic heterocycles. The lowest BCUT2D eigenvalue weighted by Crippen LogP contribution is -2.47. The first-order chi connectivity index (χ1) is 12.0. The Labute approximate surface area is 155 Å². The smallest absolute Gasteiger partial charge is 0.226 e. The minimum Gasteiger partial charge on any atom is -0.342 e. The van der Waals surface area contributed by atoms with Crippen LogP contribution in [0.3, 0.4) is 0 Å². The van der Waals surface area contributed by atoms with Crippen molar-refractivity contribution < 1.29 is 9.59 Å². The van der Waals surface area contributed by atoms with E-state index in [1.807, 2.05) is 34.1 Å². The molecule has 0 bridgehead atoms. The second-order valence-electron chi connectivity index (χ2n) is 7.49. The fraction of sp³-hybridized carbons (Fsp3) is 0.600. The van der Waals surface area contributed by atoms with E-state index in [0.29, 0.717) is 36.4 Å². The number of carbonyl (C=O) groups is 2. The van der Waals surface area contributed by atoms with Gasteiger partial charge >= 0.3 is 0 Å². The minimum atomic E-state index is 0.0879. The first kappa shape index (κ1) is 18.2. The van der Waals surface area contributed by atoms with E-state index in [2.05, 4.69) is 6.92 Å². The number of nitrogens with zero attached hydrogens (tertiary/aromatic N) is 2. The lowest BCUT2D eigenvalue weighted by atomic mass is 9.92. The summed E-state index contributed by atoms with van der Waals surface area (Å²) < 4.78 is 0. The van der Waals surface area contributed by atoms with Crippen molar-refractivity contribution in [3.63, 3.8) is 0 Å². The Balaban J connectivity index is 1.48. The van der Waals surface area contributed by atoms with E-state index >= 15 is 0 Å². The number of benzene rings is 1. The third-order valence-electron chi connectivity index (χ3n) is 5.43. The SMILES string of the molecule is CC1CCCN(C(=O)C2CCN(C(=O)Cc3ccc(Cl)cc3)CC2)C1. The number of hydrogen-bond donors (Lipinski definition) is 0. The highest BCUT2D eigenvalue weighted by atomic mass is 35.5. The second-order valence-corrected chi connectivity index (χ2v) is 7.93. The Hall–Kier alpha value is -1.55. The standard InChI is InChI=1S/C20H27ClN2O2/c1-15-3-2-10-23(14-15)20(25)17-8-11-22(12-9-17)19(24)13-16-4-6-18(21)7-5-16/h4-7,15,17H,2-3,8-14H2,1H3. The summed E-state index contributed by atoms with van der Waals surface area (Å²) in [6.45, 7) is 5.39. The van der Waals surface area contributed by atoms with Crippen LogP contribution >= 0.6 is 11.6 Å². The molecule has 1 aromatic rings. The van der Waals surface area contributed by atoms with Crippen LogP contribution in [0.4, 0.5) is 0 Å². The molecule has 2 heterocycles. The maximum atomic E-state index is 12.7. The Morgan fingerprint density at radius 2 is 1.72 bits per heavy atom. The number of amides is 2. The molecule has 0 aromatic heterocycles. The zero-order valence-corrected chi connectivity index (χ0v) is 15.7. The van der Waals surface area contributed by atoms with Gasteiger partial charge in [0.15, 0.2) is 0 Å². The molecule has 4 nitrogen and oxygen atoms in total. The summed E-state index contributed by atoms with van der Waals surface area (Å²) in [5, 5.41) is 0.683. The maximum absolute atomic E-state index is 12.7. The van der Waals surface area contributed by atoms with Gasteiger partial charge in [0.2, 0.25) is 11.8 Å². The fourth-order valence-electron chi connectivity index (χ4n) is 3.91. The van der Waals surface area contributed by atoms with E-state index in [-0.39, 0.29) is 11.8 Å². The molecule has 0 N–H and O–H groups in total. The van der Waals surface area contributed by atoms with Crippen LogP contribution in [0.5, 0.6) is 0 Å². The van der Waals surface area contributed by atoms with Gasteiger partial charge in [0.05, 0.1) is 6.42 Å². The minimum absolute atomic E-state index is 0.0879. The first-order valence-corrected chi connectivity index (χ1v) is 9.71. The number of carbonyl (C=O) groups excluding carboxylic acids is 2. The van der Waals surface area contributed by atoms with Gasteiger partial charge in [0, 0.05) is 37.1 Å². The van der Waals surface area contributed by atoms with Crippen molar-refractivity contribution >= 4 is 23.4 Å². The Morgan fingerprint density at radius 3 is 2.36 bits per heavy atom. The topological polar surface area (TPSA) is 40.6 Å².